The molecular formula is C11H9ClF2O2. The van der Waals surface area contributed by atoms with E-state index in [0.717, 1.165) is 0 Å². The van der Waals surface area contributed by atoms with Gasteiger partial charge in [-0.25, -0.2) is 0 Å². The highest BCUT2D eigenvalue weighted by molar-refractivity contribution is 6.32. The second-order valence-electron chi connectivity index (χ2n) is 3.01. The first-order chi connectivity index (χ1) is 7.49. The van der Waals surface area contributed by atoms with Crippen LogP contribution >= 0.6 is 11.6 Å². The molecule has 0 aliphatic carbocycles. The molecule has 0 saturated carbocycles. The lowest BCUT2D eigenvalue weighted by atomic mass is 10.2. The number of ether oxygens (including phenoxy) is 1. The maximum Gasteiger partial charge on any atom is 0.387 e. The van der Waals surface area contributed by atoms with E-state index in [-0.39, 0.29) is 16.6 Å². The van der Waals surface area contributed by atoms with Gasteiger partial charge in [-0.15, -0.1) is 0 Å². The van der Waals surface area contributed by atoms with E-state index in [0.29, 0.717) is 5.56 Å². The average Bonchev–Trinajstić information content (AvgIpc) is 2.18. The summed E-state index contributed by atoms with van der Waals surface area (Å²) in [5, 5.41) is 0.0750. The predicted octanol–water partition coefficient (Wildman–Crippen LogP) is 3.54. The summed E-state index contributed by atoms with van der Waals surface area (Å²) in [7, 11) is 0. The van der Waals surface area contributed by atoms with Gasteiger partial charge in [0.25, 0.3) is 0 Å². The van der Waals surface area contributed by atoms with Gasteiger partial charge in [0.15, 0.2) is 5.78 Å². The van der Waals surface area contributed by atoms with Crippen LogP contribution in [0, 0.1) is 0 Å². The van der Waals surface area contributed by atoms with Gasteiger partial charge in [0.2, 0.25) is 0 Å². The van der Waals surface area contributed by atoms with E-state index < -0.39 is 6.61 Å². The maximum absolute atomic E-state index is 11.9. The minimum absolute atomic E-state index is 0.0750. The Bertz CT molecular complexity index is 416. The van der Waals surface area contributed by atoms with Gasteiger partial charge in [0.05, 0.1) is 5.02 Å². The first-order valence-electron chi connectivity index (χ1n) is 4.42. The number of alkyl halides is 2. The maximum atomic E-state index is 11.9. The molecule has 0 heterocycles. The molecule has 0 aliphatic rings. The monoisotopic (exact) mass is 246 g/mol. The van der Waals surface area contributed by atoms with Gasteiger partial charge < -0.3 is 4.74 Å². The third kappa shape index (κ3) is 3.98. The third-order valence-electron chi connectivity index (χ3n) is 1.68. The van der Waals surface area contributed by atoms with Gasteiger partial charge in [-0.05, 0) is 30.7 Å². The highest BCUT2D eigenvalue weighted by Crippen LogP contribution is 2.27. The van der Waals surface area contributed by atoms with Crippen LogP contribution in [-0.4, -0.2) is 12.4 Å². The van der Waals surface area contributed by atoms with E-state index in [1.165, 1.54) is 31.2 Å². The topological polar surface area (TPSA) is 26.3 Å². The summed E-state index contributed by atoms with van der Waals surface area (Å²) in [6.45, 7) is -1.50. The van der Waals surface area contributed by atoms with Crippen LogP contribution in [0.4, 0.5) is 8.78 Å². The van der Waals surface area contributed by atoms with Crippen LogP contribution in [0.15, 0.2) is 24.3 Å². The van der Waals surface area contributed by atoms with E-state index >= 15 is 0 Å². The van der Waals surface area contributed by atoms with Crippen LogP contribution < -0.4 is 4.74 Å². The van der Waals surface area contributed by atoms with Crippen molar-refractivity contribution < 1.29 is 18.3 Å². The quantitative estimate of drug-likeness (QED) is 0.760. The number of carbonyl (C=O) groups is 1. The van der Waals surface area contributed by atoms with E-state index in [1.807, 2.05) is 0 Å². The average molecular weight is 247 g/mol. The summed E-state index contributed by atoms with van der Waals surface area (Å²) in [6, 6.07) is 4.30. The summed E-state index contributed by atoms with van der Waals surface area (Å²) in [6.07, 6.45) is 2.90. The van der Waals surface area contributed by atoms with E-state index in [2.05, 4.69) is 4.74 Å². The first-order valence-corrected chi connectivity index (χ1v) is 4.80. The molecular weight excluding hydrogens is 238 g/mol. The molecule has 0 bridgehead atoms. The number of halogens is 3. The van der Waals surface area contributed by atoms with Crippen molar-refractivity contribution in [1.82, 2.24) is 0 Å². The van der Waals surface area contributed by atoms with Crippen molar-refractivity contribution in [2.75, 3.05) is 0 Å². The number of benzene rings is 1. The van der Waals surface area contributed by atoms with Crippen LogP contribution in [0.5, 0.6) is 5.75 Å². The summed E-state index contributed by atoms with van der Waals surface area (Å²) in [4.78, 5) is 10.7. The fourth-order valence-corrected chi connectivity index (χ4v) is 1.26. The summed E-state index contributed by atoms with van der Waals surface area (Å²) >= 11 is 5.71. The van der Waals surface area contributed by atoms with E-state index in [1.54, 1.807) is 6.08 Å². The number of ketones is 1. The first kappa shape index (κ1) is 12.6. The number of carbonyl (C=O) groups excluding carboxylic acids is 1. The zero-order valence-electron chi connectivity index (χ0n) is 8.41. The van der Waals surface area contributed by atoms with Gasteiger partial charge in [-0.1, -0.05) is 23.7 Å². The molecule has 0 spiro atoms. The van der Waals surface area contributed by atoms with Gasteiger partial charge in [0.1, 0.15) is 5.75 Å². The molecule has 1 aromatic rings. The number of hydrogen-bond acceptors (Lipinski definition) is 2. The van der Waals surface area contributed by atoms with E-state index in [4.69, 9.17) is 11.6 Å². The van der Waals surface area contributed by atoms with Crippen LogP contribution in [0.25, 0.3) is 6.08 Å². The number of hydrogen-bond donors (Lipinski definition) is 0. The molecule has 1 aromatic carbocycles. The smallest absolute Gasteiger partial charge is 0.387 e. The Kier molecular flexibility index (Phi) is 4.43. The molecule has 0 N–H and O–H groups in total. The Hall–Kier alpha value is -1.42. The van der Waals surface area contributed by atoms with Gasteiger partial charge in [0, 0.05) is 0 Å². The molecule has 2 nitrogen and oxygen atoms in total. The van der Waals surface area contributed by atoms with Crippen molar-refractivity contribution in [1.29, 1.82) is 0 Å². The molecule has 0 fully saturated rings. The van der Waals surface area contributed by atoms with Crippen molar-refractivity contribution in [3.63, 3.8) is 0 Å². The van der Waals surface area contributed by atoms with Gasteiger partial charge in [-0.2, -0.15) is 8.78 Å². The Morgan fingerprint density at radius 2 is 2.19 bits per heavy atom. The zero-order chi connectivity index (χ0) is 12.1. The molecule has 86 valence electrons. The number of allylic oxidation sites excluding steroid dienone is 1. The van der Waals surface area contributed by atoms with Crippen molar-refractivity contribution in [2.45, 2.75) is 13.5 Å². The molecule has 0 saturated heterocycles. The number of rotatable bonds is 4. The SMILES string of the molecule is CC(=O)/C=C/c1ccc(OC(F)F)c(Cl)c1. The molecule has 16 heavy (non-hydrogen) atoms. The molecule has 0 atom stereocenters. The summed E-state index contributed by atoms with van der Waals surface area (Å²) in [5.41, 5.74) is 0.641. The van der Waals surface area contributed by atoms with Crippen molar-refractivity contribution in [3.05, 3.63) is 34.9 Å². The molecule has 0 aliphatic heterocycles. The predicted molar refractivity (Wildman–Crippen MR) is 57.8 cm³/mol. The van der Waals surface area contributed by atoms with Crippen LogP contribution in [0.3, 0.4) is 0 Å². The Morgan fingerprint density at radius 3 is 2.69 bits per heavy atom. The van der Waals surface area contributed by atoms with Crippen molar-refractivity contribution >= 4 is 23.5 Å². The Morgan fingerprint density at radius 1 is 1.50 bits per heavy atom. The largest absolute Gasteiger partial charge is 0.433 e. The fourth-order valence-electron chi connectivity index (χ4n) is 1.03. The highest BCUT2D eigenvalue weighted by atomic mass is 35.5. The Balaban J connectivity index is 2.86. The highest BCUT2D eigenvalue weighted by Gasteiger charge is 2.08. The molecule has 0 unspecified atom stereocenters. The molecule has 0 amide bonds. The third-order valence-corrected chi connectivity index (χ3v) is 1.98. The van der Waals surface area contributed by atoms with Crippen molar-refractivity contribution in [2.24, 2.45) is 0 Å². The van der Waals surface area contributed by atoms with Crippen LogP contribution in [0.2, 0.25) is 5.02 Å². The van der Waals surface area contributed by atoms with E-state index in [9.17, 15) is 13.6 Å². The molecule has 1 rings (SSSR count). The lowest BCUT2D eigenvalue weighted by molar-refractivity contribution is -0.112. The normalized spacial score (nSPS) is 11.1. The standard InChI is InChI=1S/C11H9ClF2O2/c1-7(15)2-3-8-4-5-10(9(12)6-8)16-11(13)14/h2-6,11H,1H3/b3-2+. The second-order valence-corrected chi connectivity index (χ2v) is 3.42. The summed E-state index contributed by atoms with van der Waals surface area (Å²) < 4.78 is 28.0. The van der Waals surface area contributed by atoms with Crippen LogP contribution in [0.1, 0.15) is 12.5 Å². The minimum Gasteiger partial charge on any atom is -0.433 e. The minimum atomic E-state index is -2.91. The Labute approximate surface area is 96.5 Å². The van der Waals surface area contributed by atoms with Crippen molar-refractivity contribution in [3.8, 4) is 5.75 Å². The van der Waals surface area contributed by atoms with Crippen LogP contribution in [-0.2, 0) is 4.79 Å². The molecule has 0 aromatic heterocycles. The molecule has 0 radical (unpaired) electrons. The lowest BCUT2D eigenvalue weighted by Gasteiger charge is -2.06. The lowest BCUT2D eigenvalue weighted by Crippen LogP contribution is -2.02. The zero-order valence-corrected chi connectivity index (χ0v) is 9.17. The van der Waals surface area contributed by atoms with Gasteiger partial charge in [-0.3, -0.25) is 4.79 Å². The fraction of sp³-hybridized carbons (Fsp3) is 0.182. The molecule has 5 heteroatoms. The summed E-state index contributed by atoms with van der Waals surface area (Å²) in [5.74, 6) is -0.194. The van der Waals surface area contributed by atoms with Gasteiger partial charge >= 0.3 is 6.61 Å². The second kappa shape index (κ2) is 5.61.